The van der Waals surface area contributed by atoms with Gasteiger partial charge in [-0.1, -0.05) is 41.7 Å². The fraction of sp³-hybridized carbons (Fsp3) is 0.250. The number of hydrogen-bond acceptors (Lipinski definition) is 7. The average molecular weight is 406 g/mol. The van der Waals surface area contributed by atoms with Gasteiger partial charge in [-0.25, -0.2) is 4.98 Å². The lowest BCUT2D eigenvalue weighted by molar-refractivity contribution is -0.122. The van der Waals surface area contributed by atoms with E-state index in [9.17, 15) is 9.59 Å². The maximum Gasteiger partial charge on any atom is 0.284 e. The molecule has 0 radical (unpaired) electrons. The standard InChI is InChI=1S/C20H18N6O2S/c27-17(22-12-13-6-2-1-3-7-13)15-9-5-11-25(15)20-24-26-18(28)14-8-4-10-21-16(14)23-19(26)29-20/h1-4,6-8,10,15H,5,9,11-12H2,(H,22,27)/t15-/m1/s1. The number of hydrogen-bond donors (Lipinski definition) is 1. The van der Waals surface area contributed by atoms with Crippen molar-refractivity contribution in [2.75, 3.05) is 11.4 Å². The van der Waals surface area contributed by atoms with Crippen LogP contribution in [0.5, 0.6) is 0 Å². The number of nitrogens with zero attached hydrogens (tertiary/aromatic N) is 5. The number of benzene rings is 1. The Kier molecular flexibility index (Phi) is 4.44. The predicted octanol–water partition coefficient (Wildman–Crippen LogP) is 1.98. The highest BCUT2D eigenvalue weighted by molar-refractivity contribution is 7.20. The molecule has 5 rings (SSSR count). The minimum atomic E-state index is -0.303. The summed E-state index contributed by atoms with van der Waals surface area (Å²) in [7, 11) is 0. The van der Waals surface area contributed by atoms with Gasteiger partial charge in [0.15, 0.2) is 5.65 Å². The number of carbonyl (C=O) groups excluding carboxylic acids is 1. The molecule has 0 saturated carbocycles. The summed E-state index contributed by atoms with van der Waals surface area (Å²) >= 11 is 1.31. The monoisotopic (exact) mass is 406 g/mol. The van der Waals surface area contributed by atoms with Gasteiger partial charge >= 0.3 is 0 Å². The lowest BCUT2D eigenvalue weighted by Gasteiger charge is -2.22. The van der Waals surface area contributed by atoms with Gasteiger partial charge in [0.05, 0.1) is 5.39 Å². The van der Waals surface area contributed by atoms with Gasteiger partial charge in [0.2, 0.25) is 16.0 Å². The highest BCUT2D eigenvalue weighted by atomic mass is 32.1. The highest BCUT2D eigenvalue weighted by Crippen LogP contribution is 2.29. The Bertz CT molecular complexity index is 1250. The van der Waals surface area contributed by atoms with Crippen molar-refractivity contribution >= 4 is 38.4 Å². The molecule has 0 spiro atoms. The Hall–Kier alpha value is -3.33. The summed E-state index contributed by atoms with van der Waals surface area (Å²) in [6.45, 7) is 1.21. The molecule has 9 heteroatoms. The maximum absolute atomic E-state index is 12.8. The van der Waals surface area contributed by atoms with E-state index in [1.54, 1.807) is 18.3 Å². The van der Waals surface area contributed by atoms with Crippen molar-refractivity contribution in [3.05, 3.63) is 64.6 Å². The van der Waals surface area contributed by atoms with E-state index in [1.807, 2.05) is 35.2 Å². The third-order valence-corrected chi connectivity index (χ3v) is 6.02. The third-order valence-electron chi connectivity index (χ3n) is 5.07. The molecular formula is C20H18N6O2S. The van der Waals surface area contributed by atoms with Gasteiger partial charge in [0, 0.05) is 19.3 Å². The Morgan fingerprint density at radius 2 is 2.07 bits per heavy atom. The van der Waals surface area contributed by atoms with Gasteiger partial charge in [-0.05, 0) is 30.5 Å². The number of fused-ring (bicyclic) bond motifs is 2. The average Bonchev–Trinajstić information content (AvgIpc) is 3.40. The summed E-state index contributed by atoms with van der Waals surface area (Å²) in [5, 5.41) is 8.55. The van der Waals surface area contributed by atoms with Crippen molar-refractivity contribution < 1.29 is 4.79 Å². The Morgan fingerprint density at radius 1 is 1.21 bits per heavy atom. The van der Waals surface area contributed by atoms with Gasteiger partial charge in [-0.15, -0.1) is 5.10 Å². The van der Waals surface area contributed by atoms with Crippen LogP contribution in [0.25, 0.3) is 16.0 Å². The summed E-state index contributed by atoms with van der Waals surface area (Å²) in [6.07, 6.45) is 3.26. The Labute approximate surface area is 169 Å². The third kappa shape index (κ3) is 3.23. The van der Waals surface area contributed by atoms with E-state index in [2.05, 4.69) is 20.4 Å². The van der Waals surface area contributed by atoms with Crippen molar-refractivity contribution in [1.82, 2.24) is 24.9 Å². The molecular weight excluding hydrogens is 388 g/mol. The molecule has 0 unspecified atom stereocenters. The molecule has 146 valence electrons. The van der Waals surface area contributed by atoms with Gasteiger partial charge < -0.3 is 10.2 Å². The van der Waals surface area contributed by atoms with Crippen LogP contribution in [0.4, 0.5) is 5.13 Å². The van der Waals surface area contributed by atoms with E-state index in [1.165, 1.54) is 15.9 Å². The zero-order chi connectivity index (χ0) is 19.8. The molecule has 1 saturated heterocycles. The van der Waals surface area contributed by atoms with Crippen molar-refractivity contribution in [2.24, 2.45) is 0 Å². The van der Waals surface area contributed by atoms with Crippen LogP contribution in [0.3, 0.4) is 0 Å². The minimum Gasteiger partial charge on any atom is -0.350 e. The normalized spacial score (nSPS) is 16.6. The Balaban J connectivity index is 1.42. The minimum absolute atomic E-state index is 0.0299. The fourth-order valence-electron chi connectivity index (χ4n) is 3.62. The van der Waals surface area contributed by atoms with Crippen LogP contribution in [0, 0.1) is 0 Å². The molecule has 1 aliphatic rings. The van der Waals surface area contributed by atoms with E-state index >= 15 is 0 Å². The van der Waals surface area contributed by atoms with Crippen LogP contribution in [-0.2, 0) is 11.3 Å². The molecule has 1 N–H and O–H groups in total. The molecule has 29 heavy (non-hydrogen) atoms. The molecule has 3 aromatic heterocycles. The SMILES string of the molecule is O=C(NCc1ccccc1)[C@H]1CCCN1c1nn2c(=O)c3cccnc3nc2s1. The molecule has 4 aromatic rings. The van der Waals surface area contributed by atoms with Crippen LogP contribution in [-0.4, -0.2) is 38.1 Å². The molecule has 0 bridgehead atoms. The van der Waals surface area contributed by atoms with Crippen LogP contribution in [0.15, 0.2) is 53.5 Å². The van der Waals surface area contributed by atoms with Gasteiger partial charge in [0.25, 0.3) is 5.56 Å². The second kappa shape index (κ2) is 7.25. The van der Waals surface area contributed by atoms with Crippen LogP contribution in [0.2, 0.25) is 0 Å². The van der Waals surface area contributed by atoms with Crippen molar-refractivity contribution in [3.63, 3.8) is 0 Å². The van der Waals surface area contributed by atoms with Crippen molar-refractivity contribution in [3.8, 4) is 0 Å². The molecule has 1 amide bonds. The van der Waals surface area contributed by atoms with Crippen LogP contribution in [0.1, 0.15) is 18.4 Å². The molecule has 4 heterocycles. The largest absolute Gasteiger partial charge is 0.350 e. The first-order valence-corrected chi connectivity index (χ1v) is 10.3. The quantitative estimate of drug-likeness (QED) is 0.557. The number of anilines is 1. The van der Waals surface area contributed by atoms with Gasteiger partial charge in [-0.3, -0.25) is 9.59 Å². The summed E-state index contributed by atoms with van der Waals surface area (Å²) in [6, 6.07) is 12.9. The van der Waals surface area contributed by atoms with Gasteiger partial charge in [-0.2, -0.15) is 9.50 Å². The van der Waals surface area contributed by atoms with Crippen LogP contribution < -0.4 is 15.8 Å². The maximum atomic E-state index is 12.8. The lowest BCUT2D eigenvalue weighted by atomic mass is 10.2. The summed E-state index contributed by atoms with van der Waals surface area (Å²) < 4.78 is 1.31. The lowest BCUT2D eigenvalue weighted by Crippen LogP contribution is -2.43. The topological polar surface area (TPSA) is 92.5 Å². The number of pyridine rings is 1. The smallest absolute Gasteiger partial charge is 0.284 e. The first-order chi connectivity index (χ1) is 14.2. The summed E-state index contributed by atoms with van der Waals surface area (Å²) in [5.74, 6) is -0.0299. The first-order valence-electron chi connectivity index (χ1n) is 9.43. The Morgan fingerprint density at radius 3 is 2.93 bits per heavy atom. The number of nitrogens with one attached hydrogen (secondary N) is 1. The van der Waals surface area contributed by atoms with E-state index in [0.717, 1.165) is 24.9 Å². The zero-order valence-electron chi connectivity index (χ0n) is 15.5. The molecule has 1 fully saturated rings. The fourth-order valence-corrected chi connectivity index (χ4v) is 4.58. The van der Waals surface area contributed by atoms with Crippen molar-refractivity contribution in [1.29, 1.82) is 0 Å². The van der Waals surface area contributed by atoms with E-state index in [-0.39, 0.29) is 17.5 Å². The predicted molar refractivity (Wildman–Crippen MR) is 111 cm³/mol. The first kappa shape index (κ1) is 17.7. The summed E-state index contributed by atoms with van der Waals surface area (Å²) in [5.41, 5.74) is 1.22. The number of rotatable bonds is 4. The zero-order valence-corrected chi connectivity index (χ0v) is 16.3. The molecule has 1 aromatic carbocycles. The van der Waals surface area contributed by atoms with Gasteiger partial charge in [0.1, 0.15) is 6.04 Å². The number of amides is 1. The highest BCUT2D eigenvalue weighted by Gasteiger charge is 2.33. The van der Waals surface area contributed by atoms with Crippen LogP contribution >= 0.6 is 11.3 Å². The molecule has 1 atom stereocenters. The summed E-state index contributed by atoms with van der Waals surface area (Å²) in [4.78, 5) is 36.6. The second-order valence-electron chi connectivity index (χ2n) is 6.93. The van der Waals surface area contributed by atoms with E-state index < -0.39 is 0 Å². The molecule has 0 aliphatic carbocycles. The van der Waals surface area contributed by atoms with E-state index in [4.69, 9.17) is 0 Å². The molecule has 1 aliphatic heterocycles. The van der Waals surface area contributed by atoms with E-state index in [0.29, 0.717) is 27.7 Å². The second-order valence-corrected chi connectivity index (χ2v) is 7.86. The molecule has 8 nitrogen and oxygen atoms in total. The van der Waals surface area contributed by atoms with Crippen molar-refractivity contribution in [2.45, 2.75) is 25.4 Å². The number of aromatic nitrogens is 4. The number of carbonyl (C=O) groups is 1.